The molecular formula is C21H32N2O6S. The fourth-order valence-electron chi connectivity index (χ4n) is 3.59. The second-order valence-corrected chi connectivity index (χ2v) is 10.1. The van der Waals surface area contributed by atoms with Gasteiger partial charge in [-0.15, -0.1) is 0 Å². The Morgan fingerprint density at radius 1 is 1.27 bits per heavy atom. The van der Waals surface area contributed by atoms with Crippen LogP contribution in [0.3, 0.4) is 0 Å². The van der Waals surface area contributed by atoms with Gasteiger partial charge in [0.05, 0.1) is 30.8 Å². The number of aryl methyl sites for hydroxylation is 1. The van der Waals surface area contributed by atoms with Crippen LogP contribution in [0.2, 0.25) is 0 Å². The molecule has 0 saturated carbocycles. The Hall–Kier alpha value is -1.52. The molecule has 3 rings (SSSR count). The minimum Gasteiger partial charge on any atom is -0.379 e. The van der Waals surface area contributed by atoms with Gasteiger partial charge in [-0.05, 0) is 43.4 Å². The quantitative estimate of drug-likeness (QED) is 0.666. The van der Waals surface area contributed by atoms with Crippen LogP contribution in [0.1, 0.15) is 32.3 Å². The predicted octanol–water partition coefficient (Wildman–Crippen LogP) is 2.17. The van der Waals surface area contributed by atoms with E-state index in [2.05, 4.69) is 5.32 Å². The van der Waals surface area contributed by atoms with Crippen molar-refractivity contribution in [2.75, 3.05) is 44.8 Å². The molecule has 2 aliphatic heterocycles. The summed E-state index contributed by atoms with van der Waals surface area (Å²) in [5, 5.41) is 2.87. The first-order valence-corrected chi connectivity index (χ1v) is 12.0. The highest BCUT2D eigenvalue weighted by molar-refractivity contribution is 7.89. The van der Waals surface area contributed by atoms with Crippen LogP contribution in [-0.4, -0.2) is 70.4 Å². The Bertz CT molecular complexity index is 830. The van der Waals surface area contributed by atoms with Crippen LogP contribution < -0.4 is 5.32 Å². The van der Waals surface area contributed by atoms with Crippen molar-refractivity contribution in [3.63, 3.8) is 0 Å². The van der Waals surface area contributed by atoms with Gasteiger partial charge in [0.2, 0.25) is 10.0 Å². The van der Waals surface area contributed by atoms with E-state index in [1.165, 1.54) is 10.4 Å². The van der Waals surface area contributed by atoms with E-state index in [4.69, 9.17) is 14.2 Å². The van der Waals surface area contributed by atoms with E-state index in [-0.39, 0.29) is 22.8 Å². The topological polar surface area (TPSA) is 94.2 Å². The number of amides is 1. The third-order valence-corrected chi connectivity index (χ3v) is 7.32. The van der Waals surface area contributed by atoms with E-state index in [1.54, 1.807) is 12.1 Å². The average Bonchev–Trinajstić information content (AvgIpc) is 3.23. The van der Waals surface area contributed by atoms with Crippen LogP contribution in [0.15, 0.2) is 23.1 Å². The number of carbonyl (C=O) groups excluding carboxylic acids is 1. The summed E-state index contributed by atoms with van der Waals surface area (Å²) in [6, 6.07) is 4.81. The van der Waals surface area contributed by atoms with Crippen molar-refractivity contribution in [1.29, 1.82) is 0 Å². The summed E-state index contributed by atoms with van der Waals surface area (Å²) in [5.41, 5.74) is 1.26. The molecular weight excluding hydrogens is 408 g/mol. The van der Waals surface area contributed by atoms with E-state index in [0.29, 0.717) is 38.6 Å². The van der Waals surface area contributed by atoms with Crippen molar-refractivity contribution in [3.8, 4) is 0 Å². The normalized spacial score (nSPS) is 21.7. The van der Waals surface area contributed by atoms with Gasteiger partial charge in [-0.3, -0.25) is 4.79 Å². The Morgan fingerprint density at radius 2 is 2.00 bits per heavy atom. The van der Waals surface area contributed by atoms with Crippen molar-refractivity contribution < 1.29 is 27.4 Å². The molecule has 1 N–H and O–H groups in total. The summed E-state index contributed by atoms with van der Waals surface area (Å²) in [4.78, 5) is 13.1. The predicted molar refractivity (Wildman–Crippen MR) is 113 cm³/mol. The van der Waals surface area contributed by atoms with Gasteiger partial charge >= 0.3 is 0 Å². The molecule has 0 unspecified atom stereocenters. The molecule has 0 aliphatic carbocycles. The number of rotatable bonds is 8. The number of hydrogen-bond acceptors (Lipinski definition) is 6. The maximum Gasteiger partial charge on any atom is 0.253 e. The Morgan fingerprint density at radius 3 is 2.63 bits per heavy atom. The first kappa shape index (κ1) is 23.1. The molecule has 0 aromatic heterocycles. The average molecular weight is 441 g/mol. The highest BCUT2D eigenvalue weighted by Gasteiger charge is 2.29. The van der Waals surface area contributed by atoms with Crippen molar-refractivity contribution in [3.05, 3.63) is 23.8 Å². The van der Waals surface area contributed by atoms with Gasteiger partial charge in [-0.1, -0.05) is 19.9 Å². The molecule has 2 fully saturated rings. The van der Waals surface area contributed by atoms with Crippen molar-refractivity contribution in [2.45, 2.75) is 50.7 Å². The summed E-state index contributed by atoms with van der Waals surface area (Å²) in [7, 11) is -3.64. The van der Waals surface area contributed by atoms with Gasteiger partial charge in [0.1, 0.15) is 6.10 Å². The summed E-state index contributed by atoms with van der Waals surface area (Å²) >= 11 is 0. The highest BCUT2D eigenvalue weighted by Crippen LogP contribution is 2.25. The lowest BCUT2D eigenvalue weighted by atomic mass is 10.1. The third-order valence-electron chi connectivity index (χ3n) is 5.42. The summed E-state index contributed by atoms with van der Waals surface area (Å²) in [6.07, 6.45) is 1.33. The lowest BCUT2D eigenvalue weighted by molar-refractivity contribution is -0.132. The molecule has 2 heterocycles. The zero-order valence-corrected chi connectivity index (χ0v) is 18.7. The van der Waals surface area contributed by atoms with Crippen LogP contribution in [0.4, 0.5) is 5.69 Å². The molecule has 0 bridgehead atoms. The number of nitrogens with one attached hydrogen (secondary N) is 1. The van der Waals surface area contributed by atoms with Gasteiger partial charge in [0.15, 0.2) is 0 Å². The lowest BCUT2D eigenvalue weighted by Crippen LogP contribution is -2.40. The minimum absolute atomic E-state index is 0.0304. The van der Waals surface area contributed by atoms with E-state index in [1.807, 2.05) is 20.8 Å². The molecule has 2 saturated heterocycles. The fraction of sp³-hybridized carbons (Fsp3) is 0.667. The van der Waals surface area contributed by atoms with Gasteiger partial charge in [0.25, 0.3) is 5.91 Å². The number of morpholine rings is 1. The standard InChI is InChI=1S/C21H32N2O6S/c1-15(2)20(29-14-17-5-4-10-28-17)21(24)22-19-13-18(7-6-16(19)3)30(25,26)23-8-11-27-12-9-23/h6-7,13,15,17,20H,4-5,8-12,14H2,1-3H3,(H,22,24)/t17-,20-/m1/s1. The zero-order valence-electron chi connectivity index (χ0n) is 17.9. The molecule has 168 valence electrons. The van der Waals surface area contributed by atoms with Crippen molar-refractivity contribution in [2.24, 2.45) is 5.92 Å². The second-order valence-electron chi connectivity index (χ2n) is 8.12. The molecule has 1 aromatic rings. The molecule has 0 radical (unpaired) electrons. The van der Waals surface area contributed by atoms with Gasteiger partial charge in [-0.2, -0.15) is 4.31 Å². The number of hydrogen-bond donors (Lipinski definition) is 1. The molecule has 0 spiro atoms. The largest absolute Gasteiger partial charge is 0.379 e. The highest BCUT2D eigenvalue weighted by atomic mass is 32.2. The van der Waals surface area contributed by atoms with E-state index >= 15 is 0 Å². The van der Waals surface area contributed by atoms with Gasteiger partial charge in [-0.25, -0.2) is 8.42 Å². The summed E-state index contributed by atoms with van der Waals surface area (Å²) in [5.74, 6) is -0.320. The summed E-state index contributed by atoms with van der Waals surface area (Å²) < 4.78 is 44.0. The van der Waals surface area contributed by atoms with Crippen LogP contribution in [0.5, 0.6) is 0 Å². The van der Waals surface area contributed by atoms with Gasteiger partial charge in [0, 0.05) is 25.4 Å². The summed E-state index contributed by atoms with van der Waals surface area (Å²) in [6.45, 7) is 8.20. The number of ether oxygens (including phenoxy) is 3. The maximum absolute atomic E-state index is 12.9. The fourth-order valence-corrected chi connectivity index (χ4v) is 5.03. The molecule has 8 nitrogen and oxygen atoms in total. The van der Waals surface area contributed by atoms with Crippen LogP contribution in [0.25, 0.3) is 0 Å². The smallest absolute Gasteiger partial charge is 0.253 e. The van der Waals surface area contributed by atoms with E-state index < -0.39 is 16.1 Å². The maximum atomic E-state index is 12.9. The number of benzene rings is 1. The molecule has 1 aromatic carbocycles. The van der Waals surface area contributed by atoms with Crippen LogP contribution >= 0.6 is 0 Å². The Labute approximate surface area is 178 Å². The molecule has 9 heteroatoms. The van der Waals surface area contributed by atoms with E-state index in [9.17, 15) is 13.2 Å². The second kappa shape index (κ2) is 10.2. The SMILES string of the molecule is Cc1ccc(S(=O)(=O)N2CCOCC2)cc1NC(=O)[C@H](OC[C@H]1CCCO1)C(C)C. The first-order valence-electron chi connectivity index (χ1n) is 10.5. The van der Waals surface area contributed by atoms with E-state index in [0.717, 1.165) is 25.0 Å². The molecule has 30 heavy (non-hydrogen) atoms. The Kier molecular flexibility index (Phi) is 7.86. The van der Waals surface area contributed by atoms with Crippen LogP contribution in [0, 0.1) is 12.8 Å². The molecule has 2 aliphatic rings. The minimum atomic E-state index is -3.64. The van der Waals surface area contributed by atoms with Crippen LogP contribution in [-0.2, 0) is 29.0 Å². The number of sulfonamides is 1. The number of anilines is 1. The first-order chi connectivity index (χ1) is 14.3. The monoisotopic (exact) mass is 440 g/mol. The number of carbonyl (C=O) groups is 1. The third kappa shape index (κ3) is 5.59. The molecule has 2 atom stereocenters. The van der Waals surface area contributed by atoms with Crippen molar-refractivity contribution >= 4 is 21.6 Å². The molecule has 1 amide bonds. The number of nitrogens with zero attached hydrogens (tertiary/aromatic N) is 1. The van der Waals surface area contributed by atoms with Gasteiger partial charge < -0.3 is 19.5 Å². The lowest BCUT2D eigenvalue weighted by Gasteiger charge is -2.26. The zero-order chi connectivity index (χ0) is 21.7. The Balaban J connectivity index is 1.72. The van der Waals surface area contributed by atoms with Crippen molar-refractivity contribution in [1.82, 2.24) is 4.31 Å².